The Labute approximate surface area is 129 Å². The van der Waals surface area contributed by atoms with Gasteiger partial charge in [0.1, 0.15) is 0 Å². The Bertz CT molecular complexity index is 694. The molecule has 1 N–H and O–H groups in total. The fourth-order valence-electron chi connectivity index (χ4n) is 2.88. The number of aromatic nitrogens is 2. The van der Waals surface area contributed by atoms with E-state index in [1.54, 1.807) is 0 Å². The summed E-state index contributed by atoms with van der Waals surface area (Å²) in [5.41, 5.74) is 2.56. The largest absolute Gasteiger partial charge is 0.325 e. The van der Waals surface area contributed by atoms with Gasteiger partial charge in [-0.2, -0.15) is 0 Å². The standard InChI is InChI=1S/C17H18N4O/c22-17(13-7-8-13)18-15-9-10-16(20-19-15)21-11-3-5-12-4-1-2-6-14(12)21/h1-2,4,6,9-10,13H,3,5,7-8,11H2,(H,18,19,22). The van der Waals surface area contributed by atoms with Gasteiger partial charge < -0.3 is 10.2 Å². The lowest BCUT2D eigenvalue weighted by Gasteiger charge is -2.29. The normalized spacial score (nSPS) is 17.0. The number of carbonyl (C=O) groups excluding carboxylic acids is 1. The van der Waals surface area contributed by atoms with E-state index in [0.717, 1.165) is 38.0 Å². The highest BCUT2D eigenvalue weighted by molar-refractivity contribution is 5.93. The van der Waals surface area contributed by atoms with E-state index in [1.807, 2.05) is 12.1 Å². The lowest BCUT2D eigenvalue weighted by molar-refractivity contribution is -0.117. The van der Waals surface area contributed by atoms with Crippen LogP contribution in [0.25, 0.3) is 0 Å². The van der Waals surface area contributed by atoms with Crippen LogP contribution in [0.2, 0.25) is 0 Å². The van der Waals surface area contributed by atoms with Gasteiger partial charge in [0.25, 0.3) is 0 Å². The third kappa shape index (κ3) is 2.54. The molecule has 0 bridgehead atoms. The van der Waals surface area contributed by atoms with Gasteiger partial charge in [-0.25, -0.2) is 0 Å². The number of amides is 1. The van der Waals surface area contributed by atoms with Crippen LogP contribution in [0.5, 0.6) is 0 Å². The Morgan fingerprint density at radius 3 is 2.77 bits per heavy atom. The molecule has 1 fully saturated rings. The van der Waals surface area contributed by atoms with Gasteiger partial charge in [0.05, 0.1) is 0 Å². The van der Waals surface area contributed by atoms with Gasteiger partial charge in [-0.3, -0.25) is 4.79 Å². The summed E-state index contributed by atoms with van der Waals surface area (Å²) in [5.74, 6) is 1.60. The highest BCUT2D eigenvalue weighted by Gasteiger charge is 2.29. The number of hydrogen-bond acceptors (Lipinski definition) is 4. The summed E-state index contributed by atoms with van der Waals surface area (Å²) in [7, 11) is 0. The lowest BCUT2D eigenvalue weighted by atomic mass is 10.0. The number of anilines is 3. The third-order valence-electron chi connectivity index (χ3n) is 4.24. The quantitative estimate of drug-likeness (QED) is 0.945. The highest BCUT2D eigenvalue weighted by Crippen LogP contribution is 2.32. The molecule has 5 nitrogen and oxygen atoms in total. The average Bonchev–Trinajstić information content (AvgIpc) is 3.40. The van der Waals surface area contributed by atoms with Crippen molar-refractivity contribution in [2.75, 3.05) is 16.8 Å². The molecule has 2 aromatic rings. The van der Waals surface area contributed by atoms with Crippen LogP contribution in [0.1, 0.15) is 24.8 Å². The molecule has 0 spiro atoms. The zero-order valence-corrected chi connectivity index (χ0v) is 12.3. The summed E-state index contributed by atoms with van der Waals surface area (Å²) in [6.45, 7) is 0.944. The van der Waals surface area contributed by atoms with E-state index in [-0.39, 0.29) is 11.8 Å². The first kappa shape index (κ1) is 13.2. The Hall–Kier alpha value is -2.43. The minimum absolute atomic E-state index is 0.0605. The molecular formula is C17H18N4O. The fourth-order valence-corrected chi connectivity index (χ4v) is 2.88. The number of carbonyl (C=O) groups is 1. The van der Waals surface area contributed by atoms with Crippen molar-refractivity contribution in [3.8, 4) is 0 Å². The van der Waals surface area contributed by atoms with Gasteiger partial charge in [0, 0.05) is 18.2 Å². The van der Waals surface area contributed by atoms with Crippen LogP contribution < -0.4 is 10.2 Å². The van der Waals surface area contributed by atoms with Crippen molar-refractivity contribution in [2.45, 2.75) is 25.7 Å². The van der Waals surface area contributed by atoms with Crippen LogP contribution >= 0.6 is 0 Å². The van der Waals surface area contributed by atoms with E-state index >= 15 is 0 Å². The van der Waals surface area contributed by atoms with Crippen molar-refractivity contribution in [3.05, 3.63) is 42.0 Å². The van der Waals surface area contributed by atoms with Crippen molar-refractivity contribution in [3.63, 3.8) is 0 Å². The maximum Gasteiger partial charge on any atom is 0.228 e. The van der Waals surface area contributed by atoms with Crippen LogP contribution in [0, 0.1) is 5.92 Å². The Balaban J connectivity index is 1.55. The summed E-state index contributed by atoms with van der Waals surface area (Å²) in [4.78, 5) is 13.9. The summed E-state index contributed by atoms with van der Waals surface area (Å²) in [6, 6.07) is 12.2. The van der Waals surface area contributed by atoms with E-state index in [4.69, 9.17) is 0 Å². The molecule has 5 heteroatoms. The van der Waals surface area contributed by atoms with Crippen molar-refractivity contribution in [2.24, 2.45) is 5.92 Å². The summed E-state index contributed by atoms with van der Waals surface area (Å²) in [6.07, 6.45) is 4.19. The predicted molar refractivity (Wildman–Crippen MR) is 85.2 cm³/mol. The number of hydrogen-bond donors (Lipinski definition) is 1. The second-order valence-corrected chi connectivity index (χ2v) is 5.92. The number of rotatable bonds is 3. The third-order valence-corrected chi connectivity index (χ3v) is 4.24. The number of benzene rings is 1. The van der Waals surface area contributed by atoms with Crippen molar-refractivity contribution in [1.82, 2.24) is 10.2 Å². The summed E-state index contributed by atoms with van der Waals surface area (Å²) in [5, 5.41) is 11.3. The van der Waals surface area contributed by atoms with Gasteiger partial charge in [-0.05, 0) is 49.4 Å². The highest BCUT2D eigenvalue weighted by atomic mass is 16.2. The molecule has 0 atom stereocenters. The first-order valence-electron chi connectivity index (χ1n) is 7.81. The number of aryl methyl sites for hydroxylation is 1. The van der Waals surface area contributed by atoms with Gasteiger partial charge >= 0.3 is 0 Å². The number of nitrogens with zero attached hydrogens (tertiary/aromatic N) is 3. The van der Waals surface area contributed by atoms with Gasteiger partial charge in [0.15, 0.2) is 11.6 Å². The second-order valence-electron chi connectivity index (χ2n) is 5.92. The zero-order chi connectivity index (χ0) is 14.9. The molecule has 2 heterocycles. The molecule has 4 rings (SSSR count). The van der Waals surface area contributed by atoms with E-state index in [9.17, 15) is 4.79 Å². The molecule has 0 saturated heterocycles. The Morgan fingerprint density at radius 2 is 2.00 bits per heavy atom. The minimum Gasteiger partial charge on any atom is -0.325 e. The Morgan fingerprint density at radius 1 is 1.14 bits per heavy atom. The topological polar surface area (TPSA) is 58.1 Å². The molecule has 1 aromatic carbocycles. The van der Waals surface area contributed by atoms with Crippen LogP contribution in [0.4, 0.5) is 17.3 Å². The molecule has 1 aliphatic carbocycles. The molecule has 0 unspecified atom stereocenters. The molecule has 1 amide bonds. The first-order chi connectivity index (χ1) is 10.8. The zero-order valence-electron chi connectivity index (χ0n) is 12.3. The first-order valence-corrected chi connectivity index (χ1v) is 7.81. The maximum absolute atomic E-state index is 11.7. The molecule has 22 heavy (non-hydrogen) atoms. The SMILES string of the molecule is O=C(Nc1ccc(N2CCCc3ccccc32)nn1)C1CC1. The molecule has 1 saturated carbocycles. The number of nitrogens with one attached hydrogen (secondary N) is 1. The molecular weight excluding hydrogens is 276 g/mol. The van der Waals surface area contributed by atoms with Gasteiger partial charge in [-0.1, -0.05) is 18.2 Å². The summed E-state index contributed by atoms with van der Waals surface area (Å²) >= 11 is 0. The molecule has 112 valence electrons. The minimum atomic E-state index is 0.0605. The van der Waals surface area contributed by atoms with Gasteiger partial charge in [0.2, 0.25) is 5.91 Å². The van der Waals surface area contributed by atoms with Crippen molar-refractivity contribution in [1.29, 1.82) is 0 Å². The molecule has 0 radical (unpaired) electrons. The van der Waals surface area contributed by atoms with Crippen LogP contribution in [-0.4, -0.2) is 22.6 Å². The maximum atomic E-state index is 11.7. The molecule has 1 aliphatic heterocycles. The number of para-hydroxylation sites is 1. The number of fused-ring (bicyclic) bond motifs is 1. The monoisotopic (exact) mass is 294 g/mol. The van der Waals surface area contributed by atoms with Crippen LogP contribution in [0.3, 0.4) is 0 Å². The molecule has 1 aromatic heterocycles. The van der Waals surface area contributed by atoms with E-state index in [2.05, 4.69) is 44.7 Å². The predicted octanol–water partition coefficient (Wildman–Crippen LogP) is 2.91. The van der Waals surface area contributed by atoms with Crippen LogP contribution in [0.15, 0.2) is 36.4 Å². The second kappa shape index (κ2) is 5.40. The Kier molecular flexibility index (Phi) is 3.25. The fraction of sp³-hybridized carbons (Fsp3) is 0.353. The summed E-state index contributed by atoms with van der Waals surface area (Å²) < 4.78 is 0. The lowest BCUT2D eigenvalue weighted by Crippen LogP contribution is -2.25. The van der Waals surface area contributed by atoms with E-state index < -0.39 is 0 Å². The van der Waals surface area contributed by atoms with Crippen molar-refractivity contribution < 1.29 is 4.79 Å². The van der Waals surface area contributed by atoms with Crippen molar-refractivity contribution >= 4 is 23.2 Å². The van der Waals surface area contributed by atoms with E-state index in [1.165, 1.54) is 11.3 Å². The van der Waals surface area contributed by atoms with Gasteiger partial charge in [-0.15, -0.1) is 10.2 Å². The van der Waals surface area contributed by atoms with Crippen LogP contribution in [-0.2, 0) is 11.2 Å². The molecule has 2 aliphatic rings. The average molecular weight is 294 g/mol. The smallest absolute Gasteiger partial charge is 0.228 e. The van der Waals surface area contributed by atoms with E-state index in [0.29, 0.717) is 5.82 Å².